The first-order valence-electron chi connectivity index (χ1n) is 10.2. The number of amides is 3. The second kappa shape index (κ2) is 8.91. The Balaban J connectivity index is 1.35. The minimum Gasteiger partial charge on any atom is -0.338 e. The van der Waals surface area contributed by atoms with Crippen LogP contribution in [0.4, 0.5) is 15.7 Å². The molecule has 4 heterocycles. The summed E-state index contributed by atoms with van der Waals surface area (Å²) in [6.07, 6.45) is 4.86. The summed E-state index contributed by atoms with van der Waals surface area (Å²) in [5, 5.41) is 12.7. The van der Waals surface area contributed by atoms with Crippen molar-refractivity contribution in [3.05, 3.63) is 23.3 Å². The Kier molecular flexibility index (Phi) is 6.10. The SMILES string of the molecule is CCN1CCC(n2nccc2NC(=O)Cc2csc(N3CCCNC3=O)n2)CC1. The number of urea groups is 1. The van der Waals surface area contributed by atoms with Crippen LogP contribution in [0.1, 0.15) is 37.9 Å². The van der Waals surface area contributed by atoms with Crippen molar-refractivity contribution in [3.8, 4) is 0 Å². The molecular weight excluding hydrogens is 390 g/mol. The van der Waals surface area contributed by atoms with E-state index in [1.807, 2.05) is 16.1 Å². The number of hydrogen-bond donors (Lipinski definition) is 2. The van der Waals surface area contributed by atoms with Crippen molar-refractivity contribution in [3.63, 3.8) is 0 Å². The zero-order valence-corrected chi connectivity index (χ0v) is 17.5. The lowest BCUT2D eigenvalue weighted by atomic mass is 10.1. The summed E-state index contributed by atoms with van der Waals surface area (Å²) in [6.45, 7) is 6.72. The largest absolute Gasteiger partial charge is 0.338 e. The Hall–Kier alpha value is -2.46. The Morgan fingerprint density at radius 1 is 1.34 bits per heavy atom. The molecule has 2 aromatic heterocycles. The number of thiazole rings is 1. The predicted octanol–water partition coefficient (Wildman–Crippen LogP) is 2.10. The molecule has 2 aliphatic rings. The monoisotopic (exact) mass is 417 g/mol. The van der Waals surface area contributed by atoms with E-state index in [-0.39, 0.29) is 18.4 Å². The fourth-order valence-corrected chi connectivity index (χ4v) is 4.70. The van der Waals surface area contributed by atoms with Crippen LogP contribution in [0.3, 0.4) is 0 Å². The number of piperidine rings is 1. The molecule has 0 bridgehead atoms. The number of nitrogens with one attached hydrogen (secondary N) is 2. The van der Waals surface area contributed by atoms with E-state index in [9.17, 15) is 9.59 Å². The second-order valence-corrected chi connectivity index (χ2v) is 8.25. The first kappa shape index (κ1) is 19.8. The summed E-state index contributed by atoms with van der Waals surface area (Å²) >= 11 is 1.39. The number of anilines is 2. The molecule has 4 rings (SSSR count). The normalized spacial score (nSPS) is 18.7. The van der Waals surface area contributed by atoms with Crippen LogP contribution in [0.15, 0.2) is 17.6 Å². The minimum absolute atomic E-state index is 0.125. The number of aromatic nitrogens is 3. The van der Waals surface area contributed by atoms with E-state index < -0.39 is 0 Å². The average Bonchev–Trinajstić information content (AvgIpc) is 3.38. The molecule has 10 heteroatoms. The number of likely N-dealkylation sites (tertiary alicyclic amines) is 1. The Bertz CT molecular complexity index is 856. The molecule has 0 aliphatic carbocycles. The number of nitrogens with zero attached hydrogens (tertiary/aromatic N) is 5. The number of hydrogen-bond acceptors (Lipinski definition) is 6. The van der Waals surface area contributed by atoms with Gasteiger partial charge < -0.3 is 15.5 Å². The third-order valence-electron chi connectivity index (χ3n) is 5.48. The first-order valence-corrected chi connectivity index (χ1v) is 11.1. The summed E-state index contributed by atoms with van der Waals surface area (Å²) in [4.78, 5) is 33.1. The van der Waals surface area contributed by atoms with Gasteiger partial charge in [0, 0.05) is 37.6 Å². The van der Waals surface area contributed by atoms with Gasteiger partial charge in [0.2, 0.25) is 5.91 Å². The lowest BCUT2D eigenvalue weighted by molar-refractivity contribution is -0.115. The maximum Gasteiger partial charge on any atom is 0.323 e. The maximum atomic E-state index is 12.6. The van der Waals surface area contributed by atoms with Crippen molar-refractivity contribution in [1.82, 2.24) is 25.0 Å². The molecule has 29 heavy (non-hydrogen) atoms. The standard InChI is InChI=1S/C19H27N7O2S/c1-2-24-10-5-15(6-11-24)26-16(4-8-21-26)23-17(27)12-14-13-29-19(22-14)25-9-3-7-20-18(25)28/h4,8,13,15H,2-3,5-7,9-12H2,1H3,(H,20,28)(H,23,27). The summed E-state index contributed by atoms with van der Waals surface area (Å²) in [5.41, 5.74) is 0.670. The van der Waals surface area contributed by atoms with Crippen molar-refractivity contribution >= 4 is 34.2 Å². The molecule has 2 fully saturated rings. The molecule has 0 saturated carbocycles. The van der Waals surface area contributed by atoms with Gasteiger partial charge in [-0.05, 0) is 25.8 Å². The van der Waals surface area contributed by atoms with Crippen LogP contribution in [0.2, 0.25) is 0 Å². The molecule has 2 aromatic rings. The summed E-state index contributed by atoms with van der Waals surface area (Å²) in [7, 11) is 0. The quantitative estimate of drug-likeness (QED) is 0.750. The van der Waals surface area contributed by atoms with Crippen LogP contribution in [0.5, 0.6) is 0 Å². The van der Waals surface area contributed by atoms with Gasteiger partial charge in [0.15, 0.2) is 5.13 Å². The third-order valence-corrected chi connectivity index (χ3v) is 6.39. The van der Waals surface area contributed by atoms with Crippen molar-refractivity contribution < 1.29 is 9.59 Å². The third kappa shape index (κ3) is 4.59. The highest BCUT2D eigenvalue weighted by molar-refractivity contribution is 7.14. The van der Waals surface area contributed by atoms with Crippen molar-refractivity contribution in [2.24, 2.45) is 0 Å². The molecule has 0 radical (unpaired) electrons. The van der Waals surface area contributed by atoms with E-state index in [0.29, 0.717) is 30.0 Å². The number of rotatable bonds is 6. The summed E-state index contributed by atoms with van der Waals surface area (Å²) in [6, 6.07) is 2.03. The van der Waals surface area contributed by atoms with Crippen molar-refractivity contribution in [2.75, 3.05) is 42.9 Å². The van der Waals surface area contributed by atoms with Crippen LogP contribution in [0, 0.1) is 0 Å². The summed E-state index contributed by atoms with van der Waals surface area (Å²) in [5.74, 6) is 0.605. The lowest BCUT2D eigenvalue weighted by Gasteiger charge is -2.31. The smallest absolute Gasteiger partial charge is 0.323 e. The average molecular weight is 418 g/mol. The molecule has 3 amide bonds. The zero-order chi connectivity index (χ0) is 20.2. The number of carbonyl (C=O) groups excluding carboxylic acids is 2. The van der Waals surface area contributed by atoms with E-state index in [0.717, 1.165) is 44.7 Å². The zero-order valence-electron chi connectivity index (χ0n) is 16.6. The van der Waals surface area contributed by atoms with Crippen LogP contribution in [-0.2, 0) is 11.2 Å². The van der Waals surface area contributed by atoms with Gasteiger partial charge in [-0.3, -0.25) is 9.69 Å². The molecule has 156 valence electrons. The highest BCUT2D eigenvalue weighted by Crippen LogP contribution is 2.26. The molecule has 2 N–H and O–H groups in total. The molecule has 2 saturated heterocycles. The van der Waals surface area contributed by atoms with Gasteiger partial charge in [-0.2, -0.15) is 5.10 Å². The Labute approximate surface area is 174 Å². The van der Waals surface area contributed by atoms with Crippen LogP contribution in [0.25, 0.3) is 0 Å². The van der Waals surface area contributed by atoms with Gasteiger partial charge in [0.05, 0.1) is 24.4 Å². The lowest BCUT2D eigenvalue weighted by Crippen LogP contribution is -2.46. The molecule has 0 aromatic carbocycles. The highest BCUT2D eigenvalue weighted by atomic mass is 32.1. The van der Waals surface area contributed by atoms with Crippen molar-refractivity contribution in [2.45, 2.75) is 38.6 Å². The molecule has 9 nitrogen and oxygen atoms in total. The van der Waals surface area contributed by atoms with E-state index in [2.05, 4.69) is 32.5 Å². The molecule has 0 spiro atoms. The first-order chi connectivity index (χ1) is 14.1. The van der Waals surface area contributed by atoms with Gasteiger partial charge in [-0.15, -0.1) is 11.3 Å². The van der Waals surface area contributed by atoms with Crippen LogP contribution < -0.4 is 15.5 Å². The van der Waals surface area contributed by atoms with Gasteiger partial charge in [-0.25, -0.2) is 14.5 Å². The minimum atomic E-state index is -0.127. The summed E-state index contributed by atoms with van der Waals surface area (Å²) < 4.78 is 1.94. The van der Waals surface area contributed by atoms with Gasteiger partial charge >= 0.3 is 6.03 Å². The van der Waals surface area contributed by atoms with E-state index in [1.165, 1.54) is 11.3 Å². The molecule has 0 atom stereocenters. The van der Waals surface area contributed by atoms with E-state index >= 15 is 0 Å². The fourth-order valence-electron chi connectivity index (χ4n) is 3.85. The van der Waals surface area contributed by atoms with Gasteiger partial charge in [-0.1, -0.05) is 6.92 Å². The predicted molar refractivity (Wildman–Crippen MR) is 112 cm³/mol. The van der Waals surface area contributed by atoms with Crippen LogP contribution >= 0.6 is 11.3 Å². The van der Waals surface area contributed by atoms with Gasteiger partial charge in [0.25, 0.3) is 0 Å². The molecular formula is C19H27N7O2S. The fraction of sp³-hybridized carbons (Fsp3) is 0.579. The molecule has 0 unspecified atom stereocenters. The maximum absolute atomic E-state index is 12.6. The number of carbonyl (C=O) groups is 2. The molecule has 2 aliphatic heterocycles. The Morgan fingerprint density at radius 3 is 2.93 bits per heavy atom. The van der Waals surface area contributed by atoms with E-state index in [1.54, 1.807) is 11.1 Å². The topological polar surface area (TPSA) is 95.4 Å². The second-order valence-electron chi connectivity index (χ2n) is 7.41. The van der Waals surface area contributed by atoms with Crippen LogP contribution in [-0.4, -0.2) is 64.3 Å². The van der Waals surface area contributed by atoms with Crippen molar-refractivity contribution in [1.29, 1.82) is 0 Å². The highest BCUT2D eigenvalue weighted by Gasteiger charge is 2.24. The van der Waals surface area contributed by atoms with E-state index in [4.69, 9.17) is 0 Å². The van der Waals surface area contributed by atoms with Gasteiger partial charge in [0.1, 0.15) is 5.82 Å². The Morgan fingerprint density at radius 2 is 2.17 bits per heavy atom.